The first-order valence-corrected chi connectivity index (χ1v) is 6.39. The Morgan fingerprint density at radius 3 is 2.90 bits per heavy atom. The van der Waals surface area contributed by atoms with E-state index in [-0.39, 0.29) is 30.9 Å². The van der Waals surface area contributed by atoms with Gasteiger partial charge in [0.15, 0.2) is 0 Å². The number of benzene rings is 1. The van der Waals surface area contributed by atoms with Crippen molar-refractivity contribution in [3.05, 3.63) is 35.7 Å². The summed E-state index contributed by atoms with van der Waals surface area (Å²) in [4.78, 5) is 15.9. The predicted molar refractivity (Wildman–Crippen MR) is 72.9 cm³/mol. The van der Waals surface area contributed by atoms with Crippen LogP contribution in [0.1, 0.15) is 18.4 Å². The molecule has 1 atom stereocenters. The molecule has 0 saturated carbocycles. The maximum absolute atomic E-state index is 11.6. The molecule has 1 amide bonds. The number of aliphatic hydroxyl groups excluding tert-OH is 1. The largest absolute Gasteiger partial charge is 0.394 e. The van der Waals surface area contributed by atoms with Crippen LogP contribution < -0.4 is 5.32 Å². The van der Waals surface area contributed by atoms with Crippen LogP contribution in [0.2, 0.25) is 0 Å². The van der Waals surface area contributed by atoms with Crippen LogP contribution in [0.5, 0.6) is 0 Å². The van der Waals surface area contributed by atoms with Crippen molar-refractivity contribution in [2.45, 2.75) is 26.3 Å². The SMILES string of the molecule is Cc1ccccc1-c1noc(CC(=O)NC(C)CO)n1. The smallest absolute Gasteiger partial charge is 0.236 e. The van der Waals surface area contributed by atoms with Crippen LogP contribution in [-0.4, -0.2) is 33.8 Å². The van der Waals surface area contributed by atoms with Gasteiger partial charge in [0.25, 0.3) is 0 Å². The summed E-state index contributed by atoms with van der Waals surface area (Å²) in [5.41, 5.74) is 1.92. The first-order chi connectivity index (χ1) is 9.60. The number of amides is 1. The molecule has 0 aliphatic heterocycles. The maximum Gasteiger partial charge on any atom is 0.236 e. The number of nitrogens with zero attached hydrogens (tertiary/aromatic N) is 2. The summed E-state index contributed by atoms with van der Waals surface area (Å²) in [6.45, 7) is 3.56. The number of aliphatic hydroxyl groups is 1. The van der Waals surface area contributed by atoms with Crippen LogP contribution in [0.15, 0.2) is 28.8 Å². The molecule has 2 rings (SSSR count). The van der Waals surface area contributed by atoms with Gasteiger partial charge in [0.1, 0.15) is 6.42 Å². The van der Waals surface area contributed by atoms with Gasteiger partial charge in [-0.05, 0) is 19.4 Å². The minimum absolute atomic E-state index is 0.00320. The van der Waals surface area contributed by atoms with Crippen molar-refractivity contribution in [3.8, 4) is 11.4 Å². The summed E-state index contributed by atoms with van der Waals surface area (Å²) in [5.74, 6) is 0.471. The molecule has 1 aromatic heterocycles. The molecule has 2 aromatic rings. The quantitative estimate of drug-likeness (QED) is 0.852. The van der Waals surface area contributed by atoms with E-state index in [4.69, 9.17) is 9.63 Å². The molecule has 0 aliphatic rings. The molecule has 0 radical (unpaired) electrons. The van der Waals surface area contributed by atoms with Crippen molar-refractivity contribution in [1.82, 2.24) is 15.5 Å². The third-order valence-electron chi connectivity index (χ3n) is 2.85. The van der Waals surface area contributed by atoms with E-state index < -0.39 is 0 Å². The van der Waals surface area contributed by atoms with Crippen LogP contribution in [0.3, 0.4) is 0 Å². The third-order valence-corrected chi connectivity index (χ3v) is 2.85. The molecule has 0 aliphatic carbocycles. The van der Waals surface area contributed by atoms with E-state index in [9.17, 15) is 4.79 Å². The lowest BCUT2D eigenvalue weighted by Gasteiger charge is -2.08. The zero-order valence-corrected chi connectivity index (χ0v) is 11.5. The lowest BCUT2D eigenvalue weighted by atomic mass is 10.1. The molecule has 106 valence electrons. The van der Waals surface area contributed by atoms with E-state index >= 15 is 0 Å². The fourth-order valence-corrected chi connectivity index (χ4v) is 1.77. The molecular weight excluding hydrogens is 258 g/mol. The first-order valence-electron chi connectivity index (χ1n) is 6.39. The summed E-state index contributed by atoms with van der Waals surface area (Å²) in [7, 11) is 0. The molecule has 2 N–H and O–H groups in total. The second-order valence-corrected chi connectivity index (χ2v) is 4.65. The minimum Gasteiger partial charge on any atom is -0.394 e. The minimum atomic E-state index is -0.291. The highest BCUT2D eigenvalue weighted by atomic mass is 16.5. The zero-order valence-electron chi connectivity index (χ0n) is 11.5. The van der Waals surface area contributed by atoms with Crippen molar-refractivity contribution in [2.24, 2.45) is 0 Å². The third kappa shape index (κ3) is 3.42. The van der Waals surface area contributed by atoms with Crippen molar-refractivity contribution in [2.75, 3.05) is 6.61 Å². The molecule has 0 fully saturated rings. The normalized spacial score (nSPS) is 12.2. The van der Waals surface area contributed by atoms with Gasteiger partial charge in [-0.15, -0.1) is 0 Å². The molecule has 6 heteroatoms. The van der Waals surface area contributed by atoms with Crippen molar-refractivity contribution < 1.29 is 14.4 Å². The Hall–Kier alpha value is -2.21. The highest BCUT2D eigenvalue weighted by molar-refractivity contribution is 5.78. The number of rotatable bonds is 5. The van der Waals surface area contributed by atoms with Crippen LogP contribution in [0, 0.1) is 6.92 Å². The van der Waals surface area contributed by atoms with Gasteiger partial charge >= 0.3 is 0 Å². The number of hydrogen-bond acceptors (Lipinski definition) is 5. The summed E-state index contributed by atoms with van der Waals surface area (Å²) in [6, 6.07) is 7.40. The number of carbonyl (C=O) groups is 1. The van der Waals surface area contributed by atoms with E-state index in [1.165, 1.54) is 0 Å². The molecule has 1 aromatic carbocycles. The molecule has 0 bridgehead atoms. The fourth-order valence-electron chi connectivity index (χ4n) is 1.77. The maximum atomic E-state index is 11.6. The molecule has 0 saturated heterocycles. The number of aromatic nitrogens is 2. The summed E-state index contributed by atoms with van der Waals surface area (Å²) < 4.78 is 5.08. The molecule has 0 spiro atoms. The van der Waals surface area contributed by atoms with Gasteiger partial charge in [-0.1, -0.05) is 29.4 Å². The van der Waals surface area contributed by atoms with E-state index in [0.29, 0.717) is 5.82 Å². The van der Waals surface area contributed by atoms with E-state index in [0.717, 1.165) is 11.1 Å². The first kappa shape index (κ1) is 14.2. The summed E-state index contributed by atoms with van der Waals surface area (Å²) in [5, 5.41) is 15.4. The highest BCUT2D eigenvalue weighted by Crippen LogP contribution is 2.19. The van der Waals surface area contributed by atoms with Crippen molar-refractivity contribution in [1.29, 1.82) is 0 Å². The summed E-state index contributed by atoms with van der Waals surface area (Å²) >= 11 is 0. The Morgan fingerprint density at radius 2 is 2.20 bits per heavy atom. The second kappa shape index (κ2) is 6.29. The van der Waals surface area contributed by atoms with Crippen LogP contribution in [-0.2, 0) is 11.2 Å². The Balaban J connectivity index is 2.06. The molecule has 1 heterocycles. The van der Waals surface area contributed by atoms with E-state index in [1.807, 2.05) is 31.2 Å². The Bertz CT molecular complexity index is 595. The average Bonchev–Trinajstić information content (AvgIpc) is 2.87. The van der Waals surface area contributed by atoms with Gasteiger partial charge < -0.3 is 14.9 Å². The monoisotopic (exact) mass is 275 g/mol. The number of aryl methyl sites for hydroxylation is 1. The van der Waals surface area contributed by atoms with Crippen LogP contribution in [0.4, 0.5) is 0 Å². The van der Waals surface area contributed by atoms with Crippen LogP contribution >= 0.6 is 0 Å². The standard InChI is InChI=1S/C14H17N3O3/c1-9-5-3-4-6-11(9)14-16-13(20-17-14)7-12(19)15-10(2)8-18/h3-6,10,18H,7-8H2,1-2H3,(H,15,19). The van der Waals surface area contributed by atoms with E-state index in [1.54, 1.807) is 6.92 Å². The Labute approximate surface area is 116 Å². The second-order valence-electron chi connectivity index (χ2n) is 4.65. The number of carbonyl (C=O) groups excluding carboxylic acids is 1. The van der Waals surface area contributed by atoms with Gasteiger partial charge in [0, 0.05) is 11.6 Å². The molecular formula is C14H17N3O3. The lowest BCUT2D eigenvalue weighted by molar-refractivity contribution is -0.121. The molecule has 1 unspecified atom stereocenters. The van der Waals surface area contributed by atoms with Crippen LogP contribution in [0.25, 0.3) is 11.4 Å². The van der Waals surface area contributed by atoms with Gasteiger partial charge in [-0.2, -0.15) is 4.98 Å². The van der Waals surface area contributed by atoms with E-state index in [2.05, 4.69) is 15.5 Å². The fraction of sp³-hybridized carbons (Fsp3) is 0.357. The van der Waals surface area contributed by atoms with Gasteiger partial charge in [-0.3, -0.25) is 4.79 Å². The highest BCUT2D eigenvalue weighted by Gasteiger charge is 2.14. The van der Waals surface area contributed by atoms with Gasteiger partial charge in [0.05, 0.1) is 6.61 Å². The number of hydrogen-bond donors (Lipinski definition) is 2. The Morgan fingerprint density at radius 1 is 1.45 bits per heavy atom. The van der Waals surface area contributed by atoms with Gasteiger partial charge in [-0.25, -0.2) is 0 Å². The predicted octanol–water partition coefficient (Wildman–Crippen LogP) is 1.08. The van der Waals surface area contributed by atoms with Gasteiger partial charge in [0.2, 0.25) is 17.6 Å². The van der Waals surface area contributed by atoms with Crippen molar-refractivity contribution >= 4 is 5.91 Å². The molecule has 6 nitrogen and oxygen atoms in total. The Kier molecular flexibility index (Phi) is 4.47. The zero-order chi connectivity index (χ0) is 14.5. The summed E-state index contributed by atoms with van der Waals surface area (Å²) in [6.07, 6.45) is 0.00320. The molecule has 20 heavy (non-hydrogen) atoms. The average molecular weight is 275 g/mol. The topological polar surface area (TPSA) is 88.2 Å². The lowest BCUT2D eigenvalue weighted by Crippen LogP contribution is -2.36. The van der Waals surface area contributed by atoms with Crippen molar-refractivity contribution in [3.63, 3.8) is 0 Å². The number of nitrogens with one attached hydrogen (secondary N) is 1.